The Balaban J connectivity index is 1.59. The number of ether oxygens (including phenoxy) is 1. The van der Waals surface area contributed by atoms with Crippen LogP contribution in [0.4, 0.5) is 0 Å². The van der Waals surface area contributed by atoms with Gasteiger partial charge in [-0.2, -0.15) is 0 Å². The van der Waals surface area contributed by atoms with Gasteiger partial charge in [0.05, 0.1) is 12.8 Å². The van der Waals surface area contributed by atoms with Crippen molar-refractivity contribution in [2.45, 2.75) is 78.1 Å². The number of rotatable bonds is 6. The number of carboxylic acid groups (broad SMARTS) is 1. The number of carbonyl (C=O) groups excluding carboxylic acids is 3. The Hall–Kier alpha value is -1.98. The van der Waals surface area contributed by atoms with Gasteiger partial charge in [-0.05, 0) is 81.1 Å². The molecule has 6 heteroatoms. The van der Waals surface area contributed by atoms with Gasteiger partial charge in [-0.3, -0.25) is 19.2 Å². The SMILES string of the molecule is CC(=O)[C@@H]1CC[C@@H]2[C@@H]3CCC4=CC(=O)CC[C@]4(COC(=O)CCC(=O)O)[C@@H]3CC[C@@]21C. The number of fused-ring (bicyclic) bond motifs is 5. The molecule has 0 saturated heterocycles. The molecule has 0 aromatic rings. The van der Waals surface area contributed by atoms with Gasteiger partial charge in [0.25, 0.3) is 0 Å². The first-order chi connectivity index (χ1) is 14.7. The summed E-state index contributed by atoms with van der Waals surface area (Å²) in [7, 11) is 0. The average molecular weight is 431 g/mol. The van der Waals surface area contributed by atoms with E-state index in [-0.39, 0.29) is 42.0 Å². The van der Waals surface area contributed by atoms with E-state index in [1.807, 2.05) is 0 Å². The van der Waals surface area contributed by atoms with Gasteiger partial charge in [0.2, 0.25) is 0 Å². The molecule has 0 radical (unpaired) electrons. The molecule has 0 unspecified atom stereocenters. The van der Waals surface area contributed by atoms with E-state index in [0.717, 1.165) is 44.1 Å². The molecular formula is C25H34O6. The summed E-state index contributed by atoms with van der Waals surface area (Å²) in [4.78, 5) is 47.6. The number of carbonyl (C=O) groups is 4. The Kier molecular flexibility index (Phi) is 5.86. The second-order valence-electron chi connectivity index (χ2n) is 10.5. The first-order valence-electron chi connectivity index (χ1n) is 11.8. The summed E-state index contributed by atoms with van der Waals surface area (Å²) in [6.07, 6.45) is 8.52. The van der Waals surface area contributed by atoms with E-state index < -0.39 is 11.9 Å². The Morgan fingerprint density at radius 3 is 2.55 bits per heavy atom. The summed E-state index contributed by atoms with van der Waals surface area (Å²) < 4.78 is 5.66. The van der Waals surface area contributed by atoms with E-state index in [9.17, 15) is 19.2 Å². The van der Waals surface area contributed by atoms with Gasteiger partial charge in [-0.15, -0.1) is 0 Å². The Labute approximate surface area is 183 Å². The zero-order valence-electron chi connectivity index (χ0n) is 18.7. The van der Waals surface area contributed by atoms with Crippen LogP contribution in [0.2, 0.25) is 0 Å². The number of ketones is 2. The van der Waals surface area contributed by atoms with Gasteiger partial charge in [-0.1, -0.05) is 12.5 Å². The quantitative estimate of drug-likeness (QED) is 0.637. The lowest BCUT2D eigenvalue weighted by molar-refractivity contribution is -0.155. The predicted molar refractivity (Wildman–Crippen MR) is 113 cm³/mol. The minimum atomic E-state index is -1.01. The third-order valence-corrected chi connectivity index (χ3v) is 9.21. The number of esters is 1. The average Bonchev–Trinajstić information content (AvgIpc) is 3.08. The van der Waals surface area contributed by atoms with Gasteiger partial charge >= 0.3 is 11.9 Å². The van der Waals surface area contributed by atoms with Crippen LogP contribution in [0.25, 0.3) is 0 Å². The summed E-state index contributed by atoms with van der Waals surface area (Å²) in [5, 5.41) is 8.84. The van der Waals surface area contributed by atoms with E-state index >= 15 is 0 Å². The number of Topliss-reactive ketones (excluding diaryl/α,β-unsaturated/α-hetero) is 1. The van der Waals surface area contributed by atoms with E-state index in [1.165, 1.54) is 0 Å². The highest BCUT2D eigenvalue weighted by atomic mass is 16.5. The van der Waals surface area contributed by atoms with E-state index in [0.29, 0.717) is 36.4 Å². The molecular weight excluding hydrogens is 396 g/mol. The van der Waals surface area contributed by atoms with Crippen LogP contribution in [0.15, 0.2) is 11.6 Å². The van der Waals surface area contributed by atoms with Crippen molar-refractivity contribution in [2.75, 3.05) is 6.61 Å². The monoisotopic (exact) mass is 430 g/mol. The summed E-state index contributed by atoms with van der Waals surface area (Å²) >= 11 is 0. The van der Waals surface area contributed by atoms with Gasteiger partial charge in [0, 0.05) is 17.8 Å². The predicted octanol–water partition coefficient (Wildman–Crippen LogP) is 4.11. The van der Waals surface area contributed by atoms with Gasteiger partial charge < -0.3 is 9.84 Å². The lowest BCUT2D eigenvalue weighted by Gasteiger charge is -2.58. The van der Waals surface area contributed by atoms with Crippen molar-refractivity contribution >= 4 is 23.5 Å². The van der Waals surface area contributed by atoms with Crippen molar-refractivity contribution in [1.29, 1.82) is 0 Å². The topological polar surface area (TPSA) is 97.7 Å². The fraction of sp³-hybridized carbons (Fsp3) is 0.760. The largest absolute Gasteiger partial charge is 0.481 e. The Morgan fingerprint density at radius 1 is 1.06 bits per heavy atom. The molecule has 1 N–H and O–H groups in total. The van der Waals surface area contributed by atoms with Crippen LogP contribution in [0.1, 0.15) is 78.1 Å². The minimum Gasteiger partial charge on any atom is -0.481 e. The maximum Gasteiger partial charge on any atom is 0.306 e. The Morgan fingerprint density at radius 2 is 1.84 bits per heavy atom. The summed E-state index contributed by atoms with van der Waals surface area (Å²) in [5.74, 6) is 0.442. The molecule has 0 aromatic heterocycles. The smallest absolute Gasteiger partial charge is 0.306 e. The zero-order valence-corrected chi connectivity index (χ0v) is 18.7. The van der Waals surface area contributed by atoms with Crippen LogP contribution in [-0.2, 0) is 23.9 Å². The molecule has 6 nitrogen and oxygen atoms in total. The lowest BCUT2D eigenvalue weighted by Crippen LogP contribution is -2.53. The Bertz CT molecular complexity index is 828. The van der Waals surface area contributed by atoms with Crippen LogP contribution in [-0.4, -0.2) is 35.2 Å². The molecule has 3 fully saturated rings. The number of hydrogen-bond acceptors (Lipinski definition) is 5. The molecule has 6 atom stereocenters. The molecule has 0 spiro atoms. The number of aliphatic carboxylic acids is 1. The third-order valence-electron chi connectivity index (χ3n) is 9.21. The van der Waals surface area contributed by atoms with Gasteiger partial charge in [-0.25, -0.2) is 0 Å². The molecule has 4 aliphatic rings. The minimum absolute atomic E-state index is 0.0536. The molecule has 4 aliphatic carbocycles. The molecule has 0 amide bonds. The number of hydrogen-bond donors (Lipinski definition) is 1. The molecule has 4 rings (SSSR count). The maximum atomic E-state index is 12.3. The zero-order chi connectivity index (χ0) is 22.4. The van der Waals surface area contributed by atoms with E-state index in [1.54, 1.807) is 13.0 Å². The fourth-order valence-electron chi connectivity index (χ4n) is 7.79. The van der Waals surface area contributed by atoms with Crippen molar-refractivity contribution in [3.63, 3.8) is 0 Å². The van der Waals surface area contributed by atoms with E-state index in [4.69, 9.17) is 9.84 Å². The van der Waals surface area contributed by atoms with Crippen molar-refractivity contribution < 1.29 is 29.0 Å². The lowest BCUT2D eigenvalue weighted by atomic mass is 9.46. The highest BCUT2D eigenvalue weighted by molar-refractivity contribution is 5.91. The van der Waals surface area contributed by atoms with Crippen molar-refractivity contribution in [3.8, 4) is 0 Å². The molecule has 170 valence electrons. The molecule has 0 bridgehead atoms. The summed E-state index contributed by atoms with van der Waals surface area (Å²) in [5.41, 5.74) is 0.865. The molecule has 0 aliphatic heterocycles. The molecule has 31 heavy (non-hydrogen) atoms. The van der Waals surface area contributed by atoms with Gasteiger partial charge in [0.15, 0.2) is 5.78 Å². The van der Waals surface area contributed by atoms with Crippen LogP contribution < -0.4 is 0 Å². The first-order valence-corrected chi connectivity index (χ1v) is 11.8. The van der Waals surface area contributed by atoms with Crippen LogP contribution >= 0.6 is 0 Å². The molecule has 0 aromatic carbocycles. The molecule has 0 heterocycles. The normalized spacial score (nSPS) is 39.0. The van der Waals surface area contributed by atoms with E-state index in [2.05, 4.69) is 6.92 Å². The summed E-state index contributed by atoms with van der Waals surface area (Å²) in [6, 6.07) is 0. The van der Waals surface area contributed by atoms with Crippen LogP contribution in [0.5, 0.6) is 0 Å². The van der Waals surface area contributed by atoms with Gasteiger partial charge in [0.1, 0.15) is 12.4 Å². The second-order valence-corrected chi connectivity index (χ2v) is 10.5. The van der Waals surface area contributed by atoms with Crippen molar-refractivity contribution in [2.24, 2.45) is 34.5 Å². The number of carboxylic acids is 1. The second kappa shape index (κ2) is 8.18. The maximum absolute atomic E-state index is 12.3. The van der Waals surface area contributed by atoms with Crippen molar-refractivity contribution in [3.05, 3.63) is 11.6 Å². The fourth-order valence-corrected chi connectivity index (χ4v) is 7.79. The third kappa shape index (κ3) is 3.76. The highest BCUT2D eigenvalue weighted by Crippen LogP contribution is 2.66. The standard InChI is InChI=1S/C25H34O6/c1-15(26)19-5-6-20-18-4-3-16-13-17(27)9-12-25(16,21(18)10-11-24(19,20)2)14-31-23(30)8-7-22(28)29/h13,18-21H,3-12,14H2,1-2H3,(H,28,29)/t18-,19-,20+,21+,24+,25+/m0/s1. The van der Waals surface area contributed by atoms with Crippen molar-refractivity contribution in [1.82, 2.24) is 0 Å². The van der Waals surface area contributed by atoms with Crippen LogP contribution in [0, 0.1) is 34.5 Å². The first kappa shape index (κ1) is 22.2. The van der Waals surface area contributed by atoms with Crippen LogP contribution in [0.3, 0.4) is 0 Å². The molecule has 3 saturated carbocycles. The highest BCUT2D eigenvalue weighted by Gasteiger charge is 2.61. The summed E-state index contributed by atoms with van der Waals surface area (Å²) in [6.45, 7) is 4.28.